The van der Waals surface area contributed by atoms with Crippen LogP contribution in [0.1, 0.15) is 112 Å². The summed E-state index contributed by atoms with van der Waals surface area (Å²) in [5.41, 5.74) is 0. The maximum absolute atomic E-state index is 3.82. The van der Waals surface area contributed by atoms with Gasteiger partial charge < -0.3 is 5.32 Å². The summed E-state index contributed by atoms with van der Waals surface area (Å²) >= 11 is 0. The van der Waals surface area contributed by atoms with Crippen LogP contribution in [-0.2, 0) is 0 Å². The van der Waals surface area contributed by atoms with Gasteiger partial charge >= 0.3 is 0 Å². The molecular formula is C21H45N. The molecular weight excluding hydrogens is 266 g/mol. The molecule has 0 aliphatic rings. The van der Waals surface area contributed by atoms with Gasteiger partial charge in [0.1, 0.15) is 0 Å². The van der Waals surface area contributed by atoms with Crippen LogP contribution in [0.5, 0.6) is 0 Å². The minimum atomic E-state index is 0.774. The van der Waals surface area contributed by atoms with Crippen molar-refractivity contribution in [3.05, 3.63) is 0 Å². The molecule has 0 heterocycles. The van der Waals surface area contributed by atoms with Crippen LogP contribution in [0.2, 0.25) is 0 Å². The van der Waals surface area contributed by atoms with Crippen molar-refractivity contribution in [1.82, 2.24) is 5.32 Å². The summed E-state index contributed by atoms with van der Waals surface area (Å²) in [6.07, 6.45) is 16.5. The highest BCUT2D eigenvalue weighted by Gasteiger charge is 2.17. The zero-order valence-corrected chi connectivity index (χ0v) is 16.4. The van der Waals surface area contributed by atoms with Crippen LogP contribution in [0.3, 0.4) is 0 Å². The molecule has 0 aromatic heterocycles. The van der Waals surface area contributed by atoms with Crippen LogP contribution in [-0.4, -0.2) is 12.6 Å². The minimum Gasteiger partial charge on any atom is -0.314 e. The molecule has 0 radical (unpaired) electrons. The van der Waals surface area contributed by atoms with Gasteiger partial charge in [-0.15, -0.1) is 0 Å². The van der Waals surface area contributed by atoms with Gasteiger partial charge in [-0.3, -0.25) is 0 Å². The van der Waals surface area contributed by atoms with E-state index in [2.05, 4.69) is 39.9 Å². The van der Waals surface area contributed by atoms with Crippen LogP contribution in [0, 0.1) is 11.8 Å². The second kappa shape index (κ2) is 15.8. The average Bonchev–Trinajstić information content (AvgIpc) is 2.54. The van der Waals surface area contributed by atoms with Gasteiger partial charge in [0, 0.05) is 6.04 Å². The first-order valence-corrected chi connectivity index (χ1v) is 10.5. The van der Waals surface area contributed by atoms with E-state index in [1.807, 2.05) is 0 Å². The third-order valence-electron chi connectivity index (χ3n) is 5.35. The maximum Gasteiger partial charge on any atom is 0.00669 e. The van der Waals surface area contributed by atoms with Crippen molar-refractivity contribution in [2.45, 2.75) is 118 Å². The van der Waals surface area contributed by atoms with Crippen LogP contribution in [0.25, 0.3) is 0 Å². The van der Waals surface area contributed by atoms with Crippen LogP contribution < -0.4 is 5.32 Å². The van der Waals surface area contributed by atoms with Crippen LogP contribution >= 0.6 is 0 Å². The summed E-state index contributed by atoms with van der Waals surface area (Å²) in [7, 11) is 0. The Balaban J connectivity index is 3.87. The van der Waals surface area contributed by atoms with Gasteiger partial charge in [-0.05, 0) is 37.6 Å². The van der Waals surface area contributed by atoms with E-state index in [1.54, 1.807) is 0 Å². The molecule has 1 N–H and O–H groups in total. The molecule has 0 aromatic carbocycles. The molecule has 2 unspecified atom stereocenters. The normalized spacial score (nSPS) is 15.7. The lowest BCUT2D eigenvalue weighted by molar-refractivity contribution is 0.268. The number of hydrogen-bond donors (Lipinski definition) is 1. The first-order valence-electron chi connectivity index (χ1n) is 10.5. The Hall–Kier alpha value is -0.0400. The zero-order chi connectivity index (χ0) is 16.6. The fraction of sp³-hybridized carbons (Fsp3) is 1.00. The molecule has 134 valence electrons. The van der Waals surface area contributed by atoms with E-state index >= 15 is 0 Å². The molecule has 0 saturated carbocycles. The first kappa shape index (κ1) is 22.0. The third kappa shape index (κ3) is 10.6. The van der Waals surface area contributed by atoms with Gasteiger partial charge in [-0.25, -0.2) is 0 Å². The highest BCUT2D eigenvalue weighted by Crippen LogP contribution is 2.28. The Labute approximate surface area is 142 Å². The molecule has 0 fully saturated rings. The molecule has 0 bridgehead atoms. The van der Waals surface area contributed by atoms with E-state index in [9.17, 15) is 0 Å². The molecule has 0 aliphatic heterocycles. The first-order chi connectivity index (χ1) is 10.7. The second-order valence-electron chi connectivity index (χ2n) is 7.20. The van der Waals surface area contributed by atoms with Crippen molar-refractivity contribution in [3.63, 3.8) is 0 Å². The predicted octanol–water partition coefficient (Wildman–Crippen LogP) is 6.96. The molecule has 1 heteroatoms. The fourth-order valence-electron chi connectivity index (χ4n) is 3.90. The van der Waals surface area contributed by atoms with Crippen molar-refractivity contribution in [1.29, 1.82) is 0 Å². The Bertz CT molecular complexity index is 214. The standard InChI is InChI=1S/C21H45N/c1-6-11-17-21(15-8-3)22-18-13-12-16-20(10-5)19(9-4)14-7-2/h19-22H,6-18H2,1-5H3/t19?,20-,21?/m1/s1. The summed E-state index contributed by atoms with van der Waals surface area (Å²) in [4.78, 5) is 0. The van der Waals surface area contributed by atoms with Gasteiger partial charge in [-0.2, -0.15) is 0 Å². The number of unbranched alkanes of at least 4 members (excludes halogenated alkanes) is 2. The van der Waals surface area contributed by atoms with Crippen LogP contribution in [0.15, 0.2) is 0 Å². The topological polar surface area (TPSA) is 12.0 Å². The monoisotopic (exact) mass is 311 g/mol. The lowest BCUT2D eigenvalue weighted by Crippen LogP contribution is -2.30. The molecule has 0 spiro atoms. The summed E-state index contributed by atoms with van der Waals surface area (Å²) in [5.74, 6) is 1.94. The lowest BCUT2D eigenvalue weighted by Gasteiger charge is -2.25. The van der Waals surface area contributed by atoms with E-state index in [1.165, 1.54) is 83.6 Å². The summed E-state index contributed by atoms with van der Waals surface area (Å²) in [6, 6.07) is 0.774. The van der Waals surface area contributed by atoms with E-state index < -0.39 is 0 Å². The molecule has 0 saturated heterocycles. The van der Waals surface area contributed by atoms with E-state index in [0.29, 0.717) is 0 Å². The van der Waals surface area contributed by atoms with Crippen molar-refractivity contribution in [3.8, 4) is 0 Å². The molecule has 0 rings (SSSR count). The maximum atomic E-state index is 3.82. The molecule has 1 nitrogen and oxygen atoms in total. The predicted molar refractivity (Wildman–Crippen MR) is 103 cm³/mol. The smallest absolute Gasteiger partial charge is 0.00669 e. The van der Waals surface area contributed by atoms with Crippen LogP contribution in [0.4, 0.5) is 0 Å². The number of nitrogens with one attached hydrogen (secondary N) is 1. The molecule has 3 atom stereocenters. The molecule has 0 aromatic rings. The Kier molecular flexibility index (Phi) is 15.8. The van der Waals surface area contributed by atoms with Crippen molar-refractivity contribution >= 4 is 0 Å². The van der Waals surface area contributed by atoms with Gasteiger partial charge in [-0.1, -0.05) is 92.4 Å². The van der Waals surface area contributed by atoms with Crippen molar-refractivity contribution in [2.24, 2.45) is 11.8 Å². The highest BCUT2D eigenvalue weighted by atomic mass is 14.9. The molecule has 22 heavy (non-hydrogen) atoms. The minimum absolute atomic E-state index is 0.774. The summed E-state index contributed by atoms with van der Waals surface area (Å²) in [5, 5.41) is 3.82. The molecule has 0 aliphatic carbocycles. The SMILES string of the molecule is CCCCC(CCC)NCCCC[C@@H](CC)C(CC)CCC. The quantitative estimate of drug-likeness (QED) is 0.304. The summed E-state index contributed by atoms with van der Waals surface area (Å²) in [6.45, 7) is 13.0. The third-order valence-corrected chi connectivity index (χ3v) is 5.35. The largest absolute Gasteiger partial charge is 0.314 e. The Morgan fingerprint density at radius 1 is 0.591 bits per heavy atom. The fourth-order valence-corrected chi connectivity index (χ4v) is 3.90. The van der Waals surface area contributed by atoms with Gasteiger partial charge in [0.2, 0.25) is 0 Å². The molecule has 0 amide bonds. The average molecular weight is 312 g/mol. The van der Waals surface area contributed by atoms with Gasteiger partial charge in [0.05, 0.1) is 0 Å². The number of hydrogen-bond acceptors (Lipinski definition) is 1. The second-order valence-corrected chi connectivity index (χ2v) is 7.20. The Morgan fingerprint density at radius 3 is 1.77 bits per heavy atom. The lowest BCUT2D eigenvalue weighted by atomic mass is 9.81. The highest BCUT2D eigenvalue weighted by molar-refractivity contribution is 4.70. The van der Waals surface area contributed by atoms with E-state index in [-0.39, 0.29) is 0 Å². The van der Waals surface area contributed by atoms with Gasteiger partial charge in [0.15, 0.2) is 0 Å². The zero-order valence-electron chi connectivity index (χ0n) is 16.4. The van der Waals surface area contributed by atoms with E-state index in [0.717, 1.165) is 17.9 Å². The van der Waals surface area contributed by atoms with Crippen molar-refractivity contribution in [2.75, 3.05) is 6.54 Å². The number of rotatable bonds is 16. The van der Waals surface area contributed by atoms with E-state index in [4.69, 9.17) is 0 Å². The Morgan fingerprint density at radius 2 is 1.23 bits per heavy atom. The summed E-state index contributed by atoms with van der Waals surface area (Å²) < 4.78 is 0. The van der Waals surface area contributed by atoms with Gasteiger partial charge in [0.25, 0.3) is 0 Å². The van der Waals surface area contributed by atoms with Crippen molar-refractivity contribution < 1.29 is 0 Å².